The summed E-state index contributed by atoms with van der Waals surface area (Å²) in [5.41, 5.74) is 6.76. The summed E-state index contributed by atoms with van der Waals surface area (Å²) < 4.78 is 102. The van der Waals surface area contributed by atoms with Crippen molar-refractivity contribution in [1.82, 2.24) is 0 Å². The van der Waals surface area contributed by atoms with Gasteiger partial charge in [0.2, 0.25) is 0 Å². The van der Waals surface area contributed by atoms with E-state index in [9.17, 15) is 49.1 Å². The third-order valence-electron chi connectivity index (χ3n) is 8.75. The third-order valence-corrected chi connectivity index (χ3v) is 11.4. The number of hydrogen-bond donors (Lipinski definition) is 6. The van der Waals surface area contributed by atoms with Crippen LogP contribution in [0.3, 0.4) is 0 Å². The first-order valence-corrected chi connectivity index (χ1v) is 21.0. The summed E-state index contributed by atoms with van der Waals surface area (Å²) in [4.78, 5) is -2.42. The molecule has 0 bridgehead atoms. The molecule has 0 fully saturated rings. The highest BCUT2D eigenvalue weighted by Gasteiger charge is 2.28. The standard InChI is InChI=1S/C38H27N7O11S3/c39-34-33-24(20-32(59(54,55)56)37(38(33)47)45-42-27-14-16-28(17-15-27)57(48,49)50)19-31(58(51,52)53)36(34)44-41-26-12-7-22(8-13-26)21-5-10-25(11-6-21)40-43-35-29-4-2-1-3-23(29)9-18-30(35)46/h1-20,46-47H,39H2,(H,48,49,50)(H,51,52,53)(H,54,55,56). The first kappa shape index (κ1) is 40.2. The second kappa shape index (κ2) is 15.4. The number of rotatable bonds is 10. The Morgan fingerprint density at radius 2 is 0.915 bits per heavy atom. The van der Waals surface area contributed by atoms with Crippen LogP contribution < -0.4 is 5.73 Å². The highest BCUT2D eigenvalue weighted by Crippen LogP contribution is 2.48. The van der Waals surface area contributed by atoms with Gasteiger partial charge in [-0.25, -0.2) is 0 Å². The van der Waals surface area contributed by atoms with Gasteiger partial charge in [0, 0.05) is 5.39 Å². The maximum atomic E-state index is 12.5. The van der Waals surface area contributed by atoms with Crippen molar-refractivity contribution in [3.8, 4) is 22.6 Å². The van der Waals surface area contributed by atoms with Crippen LogP contribution in [0.1, 0.15) is 0 Å². The Kier molecular flexibility index (Phi) is 10.5. The molecule has 7 aromatic carbocycles. The lowest BCUT2D eigenvalue weighted by atomic mass is 10.0. The molecule has 0 aliphatic rings. The molecule has 7 aromatic rings. The molecule has 0 aliphatic heterocycles. The summed E-state index contributed by atoms with van der Waals surface area (Å²) in [6, 6.07) is 30.0. The molecule has 298 valence electrons. The molecule has 0 radical (unpaired) electrons. The van der Waals surface area contributed by atoms with Crippen molar-refractivity contribution in [2.24, 2.45) is 30.7 Å². The van der Waals surface area contributed by atoms with E-state index in [0.717, 1.165) is 58.3 Å². The zero-order valence-corrected chi connectivity index (χ0v) is 32.2. The van der Waals surface area contributed by atoms with Crippen molar-refractivity contribution in [3.63, 3.8) is 0 Å². The number of nitrogens with zero attached hydrogens (tertiary/aromatic N) is 6. The monoisotopic (exact) mass is 853 g/mol. The molecule has 0 spiro atoms. The summed E-state index contributed by atoms with van der Waals surface area (Å²) in [7, 11) is -14.8. The highest BCUT2D eigenvalue weighted by molar-refractivity contribution is 7.86. The van der Waals surface area contributed by atoms with Gasteiger partial charge in [0.05, 0.1) is 33.0 Å². The van der Waals surface area contributed by atoms with Crippen molar-refractivity contribution in [1.29, 1.82) is 0 Å². The minimum atomic E-state index is -5.18. The quantitative estimate of drug-likeness (QED) is 0.0425. The number of phenolic OH excluding ortho intramolecular Hbond substituents is 2. The zero-order valence-electron chi connectivity index (χ0n) is 29.7. The van der Waals surface area contributed by atoms with E-state index < -0.39 is 73.2 Å². The van der Waals surface area contributed by atoms with Crippen LogP contribution in [0, 0.1) is 0 Å². The van der Waals surface area contributed by atoms with Gasteiger partial charge in [-0.05, 0) is 88.6 Å². The molecule has 7 N–H and O–H groups in total. The second-order valence-corrected chi connectivity index (χ2v) is 16.8. The van der Waals surface area contributed by atoms with Gasteiger partial charge in [0.25, 0.3) is 30.4 Å². The molecule has 0 saturated heterocycles. The average molecular weight is 854 g/mol. The molecule has 59 heavy (non-hydrogen) atoms. The van der Waals surface area contributed by atoms with Gasteiger partial charge in [-0.3, -0.25) is 13.7 Å². The topological polar surface area (TPSA) is 304 Å². The van der Waals surface area contributed by atoms with E-state index in [-0.39, 0.29) is 22.5 Å². The molecule has 0 aliphatic carbocycles. The SMILES string of the molecule is Nc1c(N=Nc2ccc(-c3ccc(N=Nc4c(O)ccc5ccccc45)cc3)cc2)c(S(=O)(=O)O)cc2cc(S(=O)(=O)O)c(N=Nc3ccc(S(=O)(=O)O)cc3)c(O)c12. The molecule has 0 aromatic heterocycles. The van der Waals surface area contributed by atoms with Gasteiger partial charge in [-0.2, -0.15) is 40.6 Å². The first-order chi connectivity index (χ1) is 27.9. The number of hydrogen-bond acceptors (Lipinski definition) is 15. The minimum Gasteiger partial charge on any atom is -0.506 e. The molecule has 0 amide bonds. The summed E-state index contributed by atoms with van der Waals surface area (Å²) >= 11 is 0. The predicted molar refractivity (Wildman–Crippen MR) is 216 cm³/mol. The Bertz CT molecular complexity index is 3250. The normalized spacial score (nSPS) is 12.7. The van der Waals surface area contributed by atoms with Gasteiger partial charge in [-0.1, -0.05) is 54.6 Å². The molecule has 7 rings (SSSR count). The number of anilines is 1. The van der Waals surface area contributed by atoms with Crippen molar-refractivity contribution in [2.75, 3.05) is 5.73 Å². The van der Waals surface area contributed by atoms with Crippen LogP contribution in [0.4, 0.5) is 39.8 Å². The Labute approximate surface area is 334 Å². The maximum Gasteiger partial charge on any atom is 0.296 e. The lowest BCUT2D eigenvalue weighted by Gasteiger charge is -2.14. The van der Waals surface area contributed by atoms with Crippen LogP contribution in [-0.2, 0) is 30.4 Å². The maximum absolute atomic E-state index is 12.5. The van der Waals surface area contributed by atoms with Crippen molar-refractivity contribution >= 4 is 91.7 Å². The second-order valence-electron chi connectivity index (χ2n) is 12.6. The van der Waals surface area contributed by atoms with Gasteiger partial charge in [0.1, 0.15) is 32.6 Å². The third kappa shape index (κ3) is 8.50. The summed E-state index contributed by atoms with van der Waals surface area (Å²) in [6.45, 7) is 0. The van der Waals surface area contributed by atoms with Crippen molar-refractivity contribution in [3.05, 3.63) is 121 Å². The Hall–Kier alpha value is -7.01. The van der Waals surface area contributed by atoms with E-state index in [0.29, 0.717) is 11.4 Å². The van der Waals surface area contributed by atoms with Gasteiger partial charge in [-0.15, -0.1) is 15.3 Å². The number of fused-ring (bicyclic) bond motifs is 2. The van der Waals surface area contributed by atoms with E-state index in [4.69, 9.17) is 5.73 Å². The minimum absolute atomic E-state index is 0.00766. The molecule has 18 nitrogen and oxygen atoms in total. The molecule has 0 heterocycles. The number of azo groups is 3. The average Bonchev–Trinajstić information content (AvgIpc) is 3.19. The predicted octanol–water partition coefficient (Wildman–Crippen LogP) is 9.64. The van der Waals surface area contributed by atoms with Gasteiger partial charge in [0.15, 0.2) is 5.75 Å². The molecular weight excluding hydrogens is 827 g/mol. The summed E-state index contributed by atoms with van der Waals surface area (Å²) in [5.74, 6) is -1.00. The highest BCUT2D eigenvalue weighted by atomic mass is 32.2. The smallest absolute Gasteiger partial charge is 0.296 e. The fourth-order valence-corrected chi connectivity index (χ4v) is 7.71. The first-order valence-electron chi connectivity index (χ1n) is 16.7. The number of nitrogens with two attached hydrogens (primary N) is 1. The lowest BCUT2D eigenvalue weighted by Crippen LogP contribution is -2.03. The molecule has 0 unspecified atom stereocenters. The van der Waals surface area contributed by atoms with E-state index in [1.54, 1.807) is 60.7 Å². The molecule has 0 atom stereocenters. The van der Waals surface area contributed by atoms with E-state index >= 15 is 0 Å². The number of benzene rings is 7. The summed E-state index contributed by atoms with van der Waals surface area (Å²) in [5, 5.41) is 46.6. The van der Waals surface area contributed by atoms with E-state index in [1.165, 1.54) is 0 Å². The summed E-state index contributed by atoms with van der Waals surface area (Å²) in [6.07, 6.45) is 0. The number of phenols is 2. The Balaban J connectivity index is 1.19. The number of aromatic hydroxyl groups is 2. The van der Waals surface area contributed by atoms with Crippen LogP contribution in [0.15, 0.2) is 167 Å². The zero-order chi connectivity index (χ0) is 42.3. The van der Waals surface area contributed by atoms with E-state index in [1.807, 2.05) is 24.3 Å². The van der Waals surface area contributed by atoms with E-state index in [2.05, 4.69) is 30.7 Å². The Morgan fingerprint density at radius 3 is 1.42 bits per heavy atom. The largest absolute Gasteiger partial charge is 0.506 e. The van der Waals surface area contributed by atoms with Gasteiger partial charge < -0.3 is 15.9 Å². The van der Waals surface area contributed by atoms with Crippen molar-refractivity contribution in [2.45, 2.75) is 14.7 Å². The van der Waals surface area contributed by atoms with Crippen LogP contribution in [0.5, 0.6) is 11.5 Å². The van der Waals surface area contributed by atoms with Crippen LogP contribution >= 0.6 is 0 Å². The number of nitrogen functional groups attached to an aromatic ring is 1. The van der Waals surface area contributed by atoms with Gasteiger partial charge >= 0.3 is 0 Å². The Morgan fingerprint density at radius 1 is 0.458 bits per heavy atom. The van der Waals surface area contributed by atoms with Crippen LogP contribution in [-0.4, -0.2) is 49.1 Å². The van der Waals surface area contributed by atoms with Crippen molar-refractivity contribution < 1.29 is 49.1 Å². The molecule has 21 heteroatoms. The lowest BCUT2D eigenvalue weighted by molar-refractivity contribution is 0.472. The molecule has 0 saturated carbocycles. The molecular formula is C38H27N7O11S3. The van der Waals surface area contributed by atoms with Crippen LogP contribution in [0.25, 0.3) is 32.7 Å². The van der Waals surface area contributed by atoms with Crippen LogP contribution in [0.2, 0.25) is 0 Å². The fraction of sp³-hybridized carbons (Fsp3) is 0. The fourth-order valence-electron chi connectivity index (χ4n) is 5.90.